The number of nitrogens with zero attached hydrogens (tertiary/aromatic N) is 3. The Morgan fingerprint density at radius 3 is 1.91 bits per heavy atom. The highest BCUT2D eigenvalue weighted by Crippen LogP contribution is 2.39. The molecule has 0 bridgehead atoms. The van der Waals surface area contributed by atoms with Crippen molar-refractivity contribution in [1.29, 1.82) is 0 Å². The summed E-state index contributed by atoms with van der Waals surface area (Å²) >= 11 is 0. The third kappa shape index (κ3) is 4.10. The van der Waals surface area contributed by atoms with Gasteiger partial charge in [-0.2, -0.15) is 0 Å². The van der Waals surface area contributed by atoms with Gasteiger partial charge in [0.05, 0.1) is 5.41 Å². The second kappa shape index (κ2) is 8.73. The van der Waals surface area contributed by atoms with Crippen molar-refractivity contribution >= 4 is 24.3 Å². The lowest BCUT2D eigenvalue weighted by molar-refractivity contribution is -0.143. The molecule has 2 rings (SSSR count). The number of urea groups is 1. The molecule has 2 fully saturated rings. The molecule has 0 aromatic rings. The maximum atomic E-state index is 12.8. The zero-order valence-electron chi connectivity index (χ0n) is 14.4. The lowest BCUT2D eigenvalue weighted by atomic mass is 9.84. The summed E-state index contributed by atoms with van der Waals surface area (Å²) in [6.07, 6.45) is 4.04. The van der Waals surface area contributed by atoms with E-state index < -0.39 is 0 Å². The van der Waals surface area contributed by atoms with E-state index in [-0.39, 0.29) is 29.8 Å². The molecule has 134 valence electrons. The lowest BCUT2D eigenvalue weighted by Crippen LogP contribution is -2.57. The van der Waals surface area contributed by atoms with Crippen LogP contribution in [-0.2, 0) is 4.79 Å². The quantitative estimate of drug-likeness (QED) is 0.839. The van der Waals surface area contributed by atoms with Gasteiger partial charge in [0.1, 0.15) is 0 Å². The summed E-state index contributed by atoms with van der Waals surface area (Å²) in [5, 5.41) is 0. The molecule has 1 aliphatic carbocycles. The third-order valence-corrected chi connectivity index (χ3v) is 5.28. The second-order valence-electron chi connectivity index (χ2n) is 6.43. The van der Waals surface area contributed by atoms with Gasteiger partial charge in [-0.3, -0.25) is 4.79 Å². The van der Waals surface area contributed by atoms with E-state index in [0.29, 0.717) is 32.7 Å². The Labute approximate surface area is 145 Å². The zero-order chi connectivity index (χ0) is 16.2. The molecule has 1 heterocycles. The van der Waals surface area contributed by atoms with Crippen molar-refractivity contribution in [2.75, 3.05) is 45.8 Å². The normalized spacial score (nSPS) is 20.1. The van der Waals surface area contributed by atoms with E-state index in [1.807, 2.05) is 28.5 Å². The molecule has 2 N–H and O–H groups in total. The number of hydrogen-bond donors (Lipinski definition) is 1. The molecule has 0 atom stereocenters. The van der Waals surface area contributed by atoms with Crippen molar-refractivity contribution in [3.05, 3.63) is 0 Å². The van der Waals surface area contributed by atoms with Gasteiger partial charge in [0.2, 0.25) is 5.91 Å². The van der Waals surface area contributed by atoms with Crippen LogP contribution in [0.2, 0.25) is 0 Å². The number of halogens is 1. The standard InChI is InChI=1S/C16H30N4O2.ClH/c1-3-18(4-2)15(22)20-11-9-19(10-12-20)14(21)16(13-17)7-5-6-8-16;/h3-13,17H2,1-2H3;1H. The molecule has 23 heavy (non-hydrogen) atoms. The highest BCUT2D eigenvalue weighted by molar-refractivity contribution is 5.85. The summed E-state index contributed by atoms with van der Waals surface area (Å²) in [4.78, 5) is 30.8. The summed E-state index contributed by atoms with van der Waals surface area (Å²) < 4.78 is 0. The predicted octanol–water partition coefficient (Wildman–Crippen LogP) is 1.53. The van der Waals surface area contributed by atoms with Gasteiger partial charge in [0, 0.05) is 45.8 Å². The maximum Gasteiger partial charge on any atom is 0.320 e. The van der Waals surface area contributed by atoms with Crippen LogP contribution in [0.3, 0.4) is 0 Å². The largest absolute Gasteiger partial charge is 0.339 e. The van der Waals surface area contributed by atoms with Gasteiger partial charge in [-0.15, -0.1) is 12.4 Å². The molecule has 0 unspecified atom stereocenters. The van der Waals surface area contributed by atoms with Gasteiger partial charge in [-0.1, -0.05) is 12.8 Å². The number of rotatable bonds is 4. The highest BCUT2D eigenvalue weighted by atomic mass is 35.5. The highest BCUT2D eigenvalue weighted by Gasteiger charge is 2.43. The molecule has 0 radical (unpaired) electrons. The number of piperazine rings is 1. The minimum absolute atomic E-state index is 0. The molecule has 1 saturated heterocycles. The van der Waals surface area contributed by atoms with Crippen LogP contribution in [0.15, 0.2) is 0 Å². The molecule has 1 aliphatic heterocycles. The smallest absolute Gasteiger partial charge is 0.320 e. The van der Waals surface area contributed by atoms with Gasteiger partial charge in [0.25, 0.3) is 0 Å². The molecule has 1 saturated carbocycles. The Balaban J connectivity index is 0.00000264. The Bertz CT molecular complexity index is 401. The first-order valence-corrected chi connectivity index (χ1v) is 8.61. The SMILES string of the molecule is CCN(CC)C(=O)N1CCN(C(=O)C2(CN)CCCC2)CC1.Cl. The van der Waals surface area contributed by atoms with Crippen LogP contribution in [0, 0.1) is 5.41 Å². The number of carbonyl (C=O) groups excluding carboxylic acids is 2. The molecule has 3 amide bonds. The molecular formula is C16H31ClN4O2. The van der Waals surface area contributed by atoms with E-state index in [1.54, 1.807) is 0 Å². The molecule has 0 aromatic carbocycles. The van der Waals surface area contributed by atoms with E-state index >= 15 is 0 Å². The first kappa shape index (κ1) is 20.0. The molecule has 6 nitrogen and oxygen atoms in total. The second-order valence-corrected chi connectivity index (χ2v) is 6.43. The third-order valence-electron chi connectivity index (χ3n) is 5.28. The first-order valence-electron chi connectivity index (χ1n) is 8.61. The number of amides is 3. The summed E-state index contributed by atoms with van der Waals surface area (Å²) in [6, 6.07) is 0.0894. The number of nitrogens with two attached hydrogens (primary N) is 1. The van der Waals surface area contributed by atoms with Gasteiger partial charge < -0.3 is 20.4 Å². The van der Waals surface area contributed by atoms with Crippen LogP contribution in [0.5, 0.6) is 0 Å². The molecule has 7 heteroatoms. The predicted molar refractivity (Wildman–Crippen MR) is 93.7 cm³/mol. The van der Waals surface area contributed by atoms with Crippen molar-refractivity contribution in [2.24, 2.45) is 11.1 Å². The first-order chi connectivity index (χ1) is 10.6. The molecule has 0 aromatic heterocycles. The van der Waals surface area contributed by atoms with Crippen molar-refractivity contribution in [2.45, 2.75) is 39.5 Å². The number of hydrogen-bond acceptors (Lipinski definition) is 3. The van der Waals surface area contributed by atoms with E-state index in [9.17, 15) is 9.59 Å². The average Bonchev–Trinajstić information content (AvgIpc) is 3.05. The lowest BCUT2D eigenvalue weighted by Gasteiger charge is -2.40. The Morgan fingerprint density at radius 1 is 1.00 bits per heavy atom. The number of carbonyl (C=O) groups is 2. The minimum atomic E-state index is -0.328. The van der Waals surface area contributed by atoms with Crippen molar-refractivity contribution in [3.8, 4) is 0 Å². The fourth-order valence-corrected chi connectivity index (χ4v) is 3.69. The monoisotopic (exact) mass is 346 g/mol. The fourth-order valence-electron chi connectivity index (χ4n) is 3.69. The van der Waals surface area contributed by atoms with Gasteiger partial charge in [-0.05, 0) is 26.7 Å². The van der Waals surface area contributed by atoms with E-state index in [0.717, 1.165) is 38.8 Å². The average molecular weight is 347 g/mol. The molecular weight excluding hydrogens is 316 g/mol. The Hall–Kier alpha value is -1.01. The van der Waals surface area contributed by atoms with Gasteiger partial charge >= 0.3 is 6.03 Å². The van der Waals surface area contributed by atoms with E-state index in [2.05, 4.69) is 0 Å². The summed E-state index contributed by atoms with van der Waals surface area (Å²) in [6.45, 7) is 8.41. The minimum Gasteiger partial charge on any atom is -0.339 e. The van der Waals surface area contributed by atoms with Crippen molar-refractivity contribution in [1.82, 2.24) is 14.7 Å². The summed E-state index contributed by atoms with van der Waals surface area (Å²) in [7, 11) is 0. The van der Waals surface area contributed by atoms with Crippen LogP contribution >= 0.6 is 12.4 Å². The van der Waals surface area contributed by atoms with E-state index in [4.69, 9.17) is 5.73 Å². The molecule has 2 aliphatic rings. The molecule has 0 spiro atoms. The summed E-state index contributed by atoms with van der Waals surface area (Å²) in [5.74, 6) is 0.211. The van der Waals surface area contributed by atoms with Crippen LogP contribution in [-0.4, -0.2) is 72.5 Å². The topological polar surface area (TPSA) is 69.9 Å². The maximum absolute atomic E-state index is 12.8. The van der Waals surface area contributed by atoms with E-state index in [1.165, 1.54) is 0 Å². The van der Waals surface area contributed by atoms with Crippen molar-refractivity contribution < 1.29 is 9.59 Å². The Kier molecular flexibility index (Phi) is 7.61. The Morgan fingerprint density at radius 2 is 1.48 bits per heavy atom. The van der Waals surface area contributed by atoms with Crippen molar-refractivity contribution in [3.63, 3.8) is 0 Å². The summed E-state index contributed by atoms with van der Waals surface area (Å²) in [5.41, 5.74) is 5.58. The van der Waals surface area contributed by atoms with Crippen LogP contribution in [0.1, 0.15) is 39.5 Å². The van der Waals surface area contributed by atoms with Crippen LogP contribution < -0.4 is 5.73 Å². The van der Waals surface area contributed by atoms with Crippen LogP contribution in [0.4, 0.5) is 4.79 Å². The van der Waals surface area contributed by atoms with Gasteiger partial charge in [-0.25, -0.2) is 4.79 Å². The van der Waals surface area contributed by atoms with Crippen LogP contribution in [0.25, 0.3) is 0 Å². The fraction of sp³-hybridized carbons (Fsp3) is 0.875. The van der Waals surface area contributed by atoms with Gasteiger partial charge in [0.15, 0.2) is 0 Å². The zero-order valence-corrected chi connectivity index (χ0v) is 15.2.